The van der Waals surface area contributed by atoms with E-state index in [1.165, 1.54) is 12.5 Å². The minimum absolute atomic E-state index is 0.0744. The molecule has 1 aromatic carbocycles. The lowest BCUT2D eigenvalue weighted by molar-refractivity contribution is -0.121. The van der Waals surface area contributed by atoms with Crippen molar-refractivity contribution in [1.29, 1.82) is 0 Å². The van der Waals surface area contributed by atoms with Gasteiger partial charge >= 0.3 is 0 Å². The number of nitrogens with one attached hydrogen (secondary N) is 1. The minimum atomic E-state index is -0.507. The molecule has 130 valence electrons. The molecule has 3 amide bonds. The molecule has 0 aliphatic carbocycles. The van der Waals surface area contributed by atoms with Crippen molar-refractivity contribution in [3.05, 3.63) is 54.0 Å². The number of furan rings is 1. The van der Waals surface area contributed by atoms with Crippen LogP contribution in [0, 0.1) is 5.92 Å². The van der Waals surface area contributed by atoms with Gasteiger partial charge in [-0.2, -0.15) is 0 Å². The Bertz CT molecular complexity index is 760. The Morgan fingerprint density at radius 1 is 1.04 bits per heavy atom. The largest absolute Gasteiger partial charge is 0.472 e. The van der Waals surface area contributed by atoms with Crippen LogP contribution in [0.4, 0.5) is 5.69 Å². The lowest BCUT2D eigenvalue weighted by Crippen LogP contribution is -2.41. The number of piperidine rings is 1. The number of benzene rings is 1. The lowest BCUT2D eigenvalue weighted by atomic mass is 9.95. The zero-order valence-electron chi connectivity index (χ0n) is 13.6. The molecular weight excluding hydrogens is 322 g/mol. The highest BCUT2D eigenvalue weighted by atomic mass is 16.3. The van der Waals surface area contributed by atoms with Crippen molar-refractivity contribution in [2.24, 2.45) is 11.7 Å². The van der Waals surface area contributed by atoms with Gasteiger partial charge in [0.1, 0.15) is 6.26 Å². The van der Waals surface area contributed by atoms with E-state index < -0.39 is 5.91 Å². The van der Waals surface area contributed by atoms with Crippen LogP contribution in [-0.4, -0.2) is 35.7 Å². The van der Waals surface area contributed by atoms with Crippen LogP contribution in [0.25, 0.3) is 0 Å². The van der Waals surface area contributed by atoms with Gasteiger partial charge in [0.25, 0.3) is 5.91 Å². The van der Waals surface area contributed by atoms with E-state index in [1.54, 1.807) is 35.2 Å². The highest BCUT2D eigenvalue weighted by Gasteiger charge is 2.28. The molecule has 1 aromatic heterocycles. The molecule has 1 fully saturated rings. The predicted octanol–water partition coefficient (Wildman–Crippen LogP) is 1.87. The highest BCUT2D eigenvalue weighted by molar-refractivity contribution is 5.96. The third-order valence-corrected chi connectivity index (χ3v) is 4.36. The Hall–Kier alpha value is -3.09. The van der Waals surface area contributed by atoms with Crippen molar-refractivity contribution in [2.45, 2.75) is 12.8 Å². The average Bonchev–Trinajstić information content (AvgIpc) is 3.16. The number of hydrogen-bond donors (Lipinski definition) is 2. The fourth-order valence-corrected chi connectivity index (χ4v) is 2.88. The van der Waals surface area contributed by atoms with Gasteiger partial charge in [0.05, 0.1) is 11.8 Å². The molecule has 3 rings (SSSR count). The molecule has 0 spiro atoms. The summed E-state index contributed by atoms with van der Waals surface area (Å²) in [5.41, 5.74) is 6.73. The van der Waals surface area contributed by atoms with Crippen molar-refractivity contribution >= 4 is 23.4 Å². The molecular formula is C18H19N3O4. The first-order valence-electron chi connectivity index (χ1n) is 8.07. The van der Waals surface area contributed by atoms with Crippen molar-refractivity contribution in [2.75, 3.05) is 18.4 Å². The molecule has 2 heterocycles. The average molecular weight is 341 g/mol. The van der Waals surface area contributed by atoms with Crippen LogP contribution in [0.5, 0.6) is 0 Å². The van der Waals surface area contributed by atoms with Crippen LogP contribution in [-0.2, 0) is 4.79 Å². The first kappa shape index (κ1) is 16.8. The van der Waals surface area contributed by atoms with Crippen molar-refractivity contribution in [3.8, 4) is 0 Å². The summed E-state index contributed by atoms with van der Waals surface area (Å²) in [6.07, 6.45) is 4.11. The van der Waals surface area contributed by atoms with Gasteiger partial charge in [-0.1, -0.05) is 0 Å². The fraction of sp³-hybridized carbons (Fsp3) is 0.278. The van der Waals surface area contributed by atoms with E-state index in [4.69, 9.17) is 10.2 Å². The number of hydrogen-bond acceptors (Lipinski definition) is 4. The standard InChI is InChI=1S/C18H19N3O4/c19-16(22)12-1-3-15(4-2-12)20-17(23)13-5-8-21(9-6-13)18(24)14-7-10-25-11-14/h1-4,7,10-11,13H,5-6,8-9H2,(H2,19,22)(H,20,23). The molecule has 1 saturated heterocycles. The molecule has 0 saturated carbocycles. The van der Waals surface area contributed by atoms with Crippen molar-refractivity contribution in [1.82, 2.24) is 4.90 Å². The number of nitrogens with zero attached hydrogens (tertiary/aromatic N) is 1. The van der Waals surface area contributed by atoms with Gasteiger partial charge in [-0.05, 0) is 43.2 Å². The summed E-state index contributed by atoms with van der Waals surface area (Å²) in [5.74, 6) is -0.811. The van der Waals surface area contributed by atoms with E-state index in [-0.39, 0.29) is 17.7 Å². The molecule has 0 bridgehead atoms. The maximum absolute atomic E-state index is 12.4. The van der Waals surface area contributed by atoms with E-state index in [9.17, 15) is 14.4 Å². The molecule has 0 radical (unpaired) electrons. The minimum Gasteiger partial charge on any atom is -0.472 e. The normalized spacial score (nSPS) is 15.0. The number of nitrogens with two attached hydrogens (primary N) is 1. The van der Waals surface area contributed by atoms with Gasteiger partial charge in [0.15, 0.2) is 0 Å². The van der Waals surface area contributed by atoms with Crippen molar-refractivity contribution in [3.63, 3.8) is 0 Å². The smallest absolute Gasteiger partial charge is 0.257 e. The number of carbonyl (C=O) groups is 3. The van der Waals surface area contributed by atoms with Crippen molar-refractivity contribution < 1.29 is 18.8 Å². The predicted molar refractivity (Wildman–Crippen MR) is 90.9 cm³/mol. The number of amides is 3. The summed E-state index contributed by atoms with van der Waals surface area (Å²) in [7, 11) is 0. The molecule has 7 nitrogen and oxygen atoms in total. The van der Waals surface area contributed by atoms with Crippen LogP contribution < -0.4 is 11.1 Å². The topological polar surface area (TPSA) is 106 Å². The zero-order valence-corrected chi connectivity index (χ0v) is 13.6. The Morgan fingerprint density at radius 3 is 2.28 bits per heavy atom. The Kier molecular flexibility index (Phi) is 4.83. The van der Waals surface area contributed by atoms with Gasteiger partial charge in [0, 0.05) is 30.3 Å². The van der Waals surface area contributed by atoms with Crippen LogP contribution >= 0.6 is 0 Å². The van der Waals surface area contributed by atoms with Gasteiger partial charge in [0.2, 0.25) is 11.8 Å². The summed E-state index contributed by atoms with van der Waals surface area (Å²) in [6.45, 7) is 1.06. The first-order valence-corrected chi connectivity index (χ1v) is 8.07. The van der Waals surface area contributed by atoms with Gasteiger partial charge in [-0.25, -0.2) is 0 Å². The highest BCUT2D eigenvalue weighted by Crippen LogP contribution is 2.21. The number of carbonyl (C=O) groups excluding carboxylic acids is 3. The number of rotatable bonds is 4. The summed E-state index contributed by atoms with van der Waals surface area (Å²) in [5, 5.41) is 2.84. The summed E-state index contributed by atoms with van der Waals surface area (Å²) in [4.78, 5) is 37.4. The molecule has 1 aliphatic rings. The molecule has 3 N–H and O–H groups in total. The van der Waals surface area contributed by atoms with Crippen LogP contribution in [0.3, 0.4) is 0 Å². The van der Waals surface area contributed by atoms with E-state index in [0.29, 0.717) is 42.7 Å². The zero-order chi connectivity index (χ0) is 17.8. The Labute approximate surface area is 144 Å². The van der Waals surface area contributed by atoms with Gasteiger partial charge in [-0.3, -0.25) is 14.4 Å². The quantitative estimate of drug-likeness (QED) is 0.885. The molecule has 7 heteroatoms. The first-order chi connectivity index (χ1) is 12.0. The Morgan fingerprint density at radius 2 is 1.72 bits per heavy atom. The molecule has 0 atom stereocenters. The second kappa shape index (κ2) is 7.21. The van der Waals surface area contributed by atoms with Crippen LogP contribution in [0.15, 0.2) is 47.3 Å². The maximum Gasteiger partial charge on any atom is 0.257 e. The van der Waals surface area contributed by atoms with E-state index in [2.05, 4.69) is 5.32 Å². The second-order valence-electron chi connectivity index (χ2n) is 6.01. The third-order valence-electron chi connectivity index (χ3n) is 4.36. The van der Waals surface area contributed by atoms with Gasteiger partial charge < -0.3 is 20.4 Å². The number of anilines is 1. The van der Waals surface area contributed by atoms with Gasteiger partial charge in [-0.15, -0.1) is 0 Å². The third kappa shape index (κ3) is 3.88. The summed E-state index contributed by atoms with van der Waals surface area (Å²) >= 11 is 0. The van der Waals surface area contributed by atoms with Crippen LogP contribution in [0.1, 0.15) is 33.6 Å². The molecule has 2 aromatic rings. The maximum atomic E-state index is 12.4. The monoisotopic (exact) mass is 341 g/mol. The molecule has 25 heavy (non-hydrogen) atoms. The van der Waals surface area contributed by atoms with E-state index >= 15 is 0 Å². The Balaban J connectivity index is 1.53. The lowest BCUT2D eigenvalue weighted by Gasteiger charge is -2.31. The fourth-order valence-electron chi connectivity index (χ4n) is 2.88. The summed E-state index contributed by atoms with van der Waals surface area (Å²) in [6, 6.07) is 8.08. The summed E-state index contributed by atoms with van der Waals surface area (Å²) < 4.78 is 4.93. The SMILES string of the molecule is NC(=O)c1ccc(NC(=O)C2CCN(C(=O)c3ccoc3)CC2)cc1. The van der Waals surface area contributed by atoms with E-state index in [0.717, 1.165) is 0 Å². The number of likely N-dealkylation sites (tertiary alicyclic amines) is 1. The molecule has 0 unspecified atom stereocenters. The second-order valence-corrected chi connectivity index (χ2v) is 6.01. The number of primary amides is 1. The van der Waals surface area contributed by atoms with Crippen LogP contribution in [0.2, 0.25) is 0 Å². The van der Waals surface area contributed by atoms with E-state index in [1.807, 2.05) is 0 Å². The molecule has 1 aliphatic heterocycles.